The molecule has 0 radical (unpaired) electrons. The molecule has 2 heterocycles. The van der Waals surface area contributed by atoms with Crippen molar-refractivity contribution in [2.75, 3.05) is 27.2 Å². The first-order chi connectivity index (χ1) is 14.6. The molecule has 2 aromatic rings. The molecule has 3 rings (SSSR count). The fraction of sp³-hybridized carbons (Fsp3) is 0.409. The Morgan fingerprint density at radius 3 is 2.67 bits per heavy atom. The van der Waals surface area contributed by atoms with Crippen LogP contribution >= 0.6 is 0 Å². The average Bonchev–Trinajstić information content (AvgIpc) is 2.77. The van der Waals surface area contributed by atoms with Gasteiger partial charge >= 0.3 is 0 Å². The van der Waals surface area contributed by atoms with Gasteiger partial charge in [-0.3, -0.25) is 9.79 Å². The van der Waals surface area contributed by atoms with Gasteiger partial charge in [0.2, 0.25) is 11.8 Å². The van der Waals surface area contributed by atoms with Crippen molar-refractivity contribution in [2.24, 2.45) is 10.9 Å². The minimum absolute atomic E-state index is 0.104. The van der Waals surface area contributed by atoms with E-state index in [-0.39, 0.29) is 11.7 Å². The van der Waals surface area contributed by atoms with E-state index in [1.54, 1.807) is 32.4 Å². The first kappa shape index (κ1) is 21.5. The summed E-state index contributed by atoms with van der Waals surface area (Å²) in [6.07, 6.45) is 4.21. The number of nitrogens with zero attached hydrogens (tertiary/aromatic N) is 3. The minimum Gasteiger partial charge on any atom is -0.439 e. The van der Waals surface area contributed by atoms with Gasteiger partial charge in [0.05, 0.1) is 0 Å². The van der Waals surface area contributed by atoms with Crippen LogP contribution in [0.1, 0.15) is 24.8 Å². The zero-order valence-corrected chi connectivity index (χ0v) is 17.4. The Kier molecular flexibility index (Phi) is 7.59. The second kappa shape index (κ2) is 10.6. The van der Waals surface area contributed by atoms with E-state index < -0.39 is 0 Å². The standard InChI is InChI=1S/C22H28FN5O2/c1-24-20(29)13-16-8-11-28(12-9-16)22(25-2)27-15-17-7-10-26-21(14-17)30-19-5-3-18(23)4-6-19/h3-7,10,14,16H,8-9,11-13,15H2,1-2H3,(H,24,29)(H,25,27). The third-order valence-electron chi connectivity index (χ3n) is 5.16. The number of halogens is 1. The molecule has 0 unspecified atom stereocenters. The maximum atomic E-state index is 13.0. The van der Waals surface area contributed by atoms with Gasteiger partial charge in [-0.15, -0.1) is 0 Å². The lowest BCUT2D eigenvalue weighted by atomic mass is 9.93. The van der Waals surface area contributed by atoms with Crippen LogP contribution in [0.5, 0.6) is 11.6 Å². The van der Waals surface area contributed by atoms with Crippen LogP contribution in [-0.4, -0.2) is 48.9 Å². The molecule has 1 aliphatic rings. The van der Waals surface area contributed by atoms with Gasteiger partial charge < -0.3 is 20.3 Å². The van der Waals surface area contributed by atoms with E-state index >= 15 is 0 Å². The fourth-order valence-corrected chi connectivity index (χ4v) is 3.47. The molecule has 0 aliphatic carbocycles. The van der Waals surface area contributed by atoms with E-state index in [1.165, 1.54) is 12.1 Å². The highest BCUT2D eigenvalue weighted by molar-refractivity contribution is 5.80. The number of guanidine groups is 1. The molecule has 2 N–H and O–H groups in total. The summed E-state index contributed by atoms with van der Waals surface area (Å²) in [5.41, 5.74) is 0.998. The van der Waals surface area contributed by atoms with Crippen molar-refractivity contribution in [1.29, 1.82) is 0 Å². The van der Waals surface area contributed by atoms with Crippen LogP contribution in [0.4, 0.5) is 4.39 Å². The molecular formula is C22H28FN5O2. The number of carbonyl (C=O) groups excluding carboxylic acids is 1. The average molecular weight is 413 g/mol. The van der Waals surface area contributed by atoms with E-state index in [0.717, 1.165) is 37.5 Å². The predicted molar refractivity (Wildman–Crippen MR) is 114 cm³/mol. The van der Waals surface area contributed by atoms with Crippen molar-refractivity contribution in [3.05, 3.63) is 54.0 Å². The van der Waals surface area contributed by atoms with Crippen molar-refractivity contribution in [1.82, 2.24) is 20.5 Å². The Morgan fingerprint density at radius 1 is 1.27 bits per heavy atom. The van der Waals surface area contributed by atoms with Gasteiger partial charge in [0.15, 0.2) is 5.96 Å². The Hall–Kier alpha value is -3.16. The number of ether oxygens (including phenoxy) is 1. The smallest absolute Gasteiger partial charge is 0.220 e. The zero-order chi connectivity index (χ0) is 21.3. The minimum atomic E-state index is -0.308. The lowest BCUT2D eigenvalue weighted by Gasteiger charge is -2.34. The van der Waals surface area contributed by atoms with Gasteiger partial charge in [-0.25, -0.2) is 9.37 Å². The quantitative estimate of drug-likeness (QED) is 0.562. The molecule has 0 bridgehead atoms. The number of hydrogen-bond acceptors (Lipinski definition) is 4. The molecule has 7 nitrogen and oxygen atoms in total. The summed E-state index contributed by atoms with van der Waals surface area (Å²) in [6.45, 7) is 2.32. The topological polar surface area (TPSA) is 78.9 Å². The first-order valence-corrected chi connectivity index (χ1v) is 10.1. The summed E-state index contributed by atoms with van der Waals surface area (Å²) in [5.74, 6) is 2.04. The zero-order valence-electron chi connectivity index (χ0n) is 17.4. The van der Waals surface area contributed by atoms with Gasteiger partial charge in [-0.2, -0.15) is 0 Å². The number of amides is 1. The summed E-state index contributed by atoms with van der Waals surface area (Å²) in [5, 5.41) is 6.08. The molecule has 1 amide bonds. The molecule has 1 aromatic heterocycles. The second-order valence-electron chi connectivity index (χ2n) is 7.27. The third-order valence-corrected chi connectivity index (χ3v) is 5.16. The van der Waals surface area contributed by atoms with Crippen LogP contribution < -0.4 is 15.4 Å². The highest BCUT2D eigenvalue weighted by Gasteiger charge is 2.23. The van der Waals surface area contributed by atoms with Gasteiger partial charge in [0.25, 0.3) is 0 Å². The van der Waals surface area contributed by atoms with Crippen LogP contribution in [-0.2, 0) is 11.3 Å². The monoisotopic (exact) mass is 413 g/mol. The Balaban J connectivity index is 1.51. The number of benzene rings is 1. The number of piperidine rings is 1. The molecule has 160 valence electrons. The number of pyridine rings is 1. The van der Waals surface area contributed by atoms with Gasteiger partial charge in [-0.05, 0) is 54.7 Å². The van der Waals surface area contributed by atoms with E-state index in [9.17, 15) is 9.18 Å². The van der Waals surface area contributed by atoms with E-state index in [2.05, 4.69) is 25.5 Å². The van der Waals surface area contributed by atoms with Crippen LogP contribution in [0.25, 0.3) is 0 Å². The summed E-state index contributed by atoms with van der Waals surface area (Å²) in [4.78, 5) is 22.4. The second-order valence-corrected chi connectivity index (χ2v) is 7.27. The predicted octanol–water partition coefficient (Wildman–Crippen LogP) is 2.94. The van der Waals surface area contributed by atoms with Crippen molar-refractivity contribution >= 4 is 11.9 Å². The van der Waals surface area contributed by atoms with Gasteiger partial charge in [0, 0.05) is 52.4 Å². The number of likely N-dealkylation sites (tertiary alicyclic amines) is 1. The molecule has 0 atom stereocenters. The Bertz CT molecular complexity index is 864. The fourth-order valence-electron chi connectivity index (χ4n) is 3.47. The summed E-state index contributed by atoms with van der Waals surface area (Å²) in [7, 11) is 3.45. The third kappa shape index (κ3) is 6.17. The molecule has 0 spiro atoms. The molecular weight excluding hydrogens is 385 g/mol. The van der Waals surface area contributed by atoms with Crippen LogP contribution in [0.3, 0.4) is 0 Å². The van der Waals surface area contributed by atoms with Crippen molar-refractivity contribution in [3.63, 3.8) is 0 Å². The largest absolute Gasteiger partial charge is 0.439 e. The number of aliphatic imine (C=N–C) groups is 1. The molecule has 30 heavy (non-hydrogen) atoms. The van der Waals surface area contributed by atoms with E-state index in [0.29, 0.717) is 30.5 Å². The van der Waals surface area contributed by atoms with Crippen molar-refractivity contribution < 1.29 is 13.9 Å². The molecule has 8 heteroatoms. The summed E-state index contributed by atoms with van der Waals surface area (Å²) < 4.78 is 18.7. The Labute approximate surface area is 176 Å². The van der Waals surface area contributed by atoms with Crippen LogP contribution in [0, 0.1) is 11.7 Å². The van der Waals surface area contributed by atoms with Crippen molar-refractivity contribution in [2.45, 2.75) is 25.8 Å². The number of aromatic nitrogens is 1. The van der Waals surface area contributed by atoms with Crippen LogP contribution in [0.15, 0.2) is 47.6 Å². The normalized spacial score (nSPS) is 15.0. The summed E-state index contributed by atoms with van der Waals surface area (Å²) in [6, 6.07) is 9.59. The molecule has 1 saturated heterocycles. The first-order valence-electron chi connectivity index (χ1n) is 10.1. The Morgan fingerprint density at radius 2 is 2.00 bits per heavy atom. The maximum Gasteiger partial charge on any atom is 0.220 e. The lowest BCUT2D eigenvalue weighted by Crippen LogP contribution is -2.45. The number of hydrogen-bond donors (Lipinski definition) is 2. The van der Waals surface area contributed by atoms with E-state index in [1.807, 2.05) is 12.1 Å². The van der Waals surface area contributed by atoms with E-state index in [4.69, 9.17) is 4.74 Å². The molecule has 1 aliphatic heterocycles. The maximum absolute atomic E-state index is 13.0. The van der Waals surface area contributed by atoms with Gasteiger partial charge in [-0.1, -0.05) is 0 Å². The number of nitrogens with one attached hydrogen (secondary N) is 2. The highest BCUT2D eigenvalue weighted by Crippen LogP contribution is 2.22. The number of rotatable bonds is 6. The summed E-state index contributed by atoms with van der Waals surface area (Å²) >= 11 is 0. The molecule has 0 saturated carbocycles. The molecule has 1 aromatic carbocycles. The highest BCUT2D eigenvalue weighted by atomic mass is 19.1. The van der Waals surface area contributed by atoms with Crippen molar-refractivity contribution in [3.8, 4) is 11.6 Å². The van der Waals surface area contributed by atoms with Gasteiger partial charge in [0.1, 0.15) is 11.6 Å². The lowest BCUT2D eigenvalue weighted by molar-refractivity contribution is -0.121. The van der Waals surface area contributed by atoms with Crippen LogP contribution in [0.2, 0.25) is 0 Å². The SMILES string of the molecule is CN=C(NCc1ccnc(Oc2ccc(F)cc2)c1)N1CCC(CC(=O)NC)CC1. The number of carbonyl (C=O) groups is 1. The molecule has 1 fully saturated rings.